The standard InChI is InChI=1S/C13H14FN3O4/c1-7-11(18)15-5-6-17(7)13(21)16-10-8(12(19)20)3-2-4-9(10)14/h2-4,7H,5-6H2,1H3,(H,15,18)(H,16,21)(H,19,20). The van der Waals surface area contributed by atoms with Crippen LogP contribution in [0.4, 0.5) is 14.9 Å². The minimum Gasteiger partial charge on any atom is -0.478 e. The number of hydrogen-bond acceptors (Lipinski definition) is 3. The largest absolute Gasteiger partial charge is 0.478 e. The van der Waals surface area contributed by atoms with Crippen molar-refractivity contribution in [1.29, 1.82) is 0 Å². The van der Waals surface area contributed by atoms with Crippen LogP contribution in [0, 0.1) is 5.82 Å². The van der Waals surface area contributed by atoms with E-state index in [1.165, 1.54) is 24.0 Å². The smallest absolute Gasteiger partial charge is 0.337 e. The maximum Gasteiger partial charge on any atom is 0.337 e. The van der Waals surface area contributed by atoms with Gasteiger partial charge in [0, 0.05) is 13.1 Å². The van der Waals surface area contributed by atoms with Gasteiger partial charge in [-0.3, -0.25) is 4.79 Å². The molecule has 0 aromatic heterocycles. The molecule has 8 heteroatoms. The number of urea groups is 1. The van der Waals surface area contributed by atoms with Gasteiger partial charge in [-0.1, -0.05) is 6.07 Å². The van der Waals surface area contributed by atoms with Crippen molar-refractivity contribution >= 4 is 23.6 Å². The Hall–Kier alpha value is -2.64. The number of carbonyl (C=O) groups excluding carboxylic acids is 2. The summed E-state index contributed by atoms with van der Waals surface area (Å²) in [5, 5.41) is 13.8. The first kappa shape index (κ1) is 14.8. The first-order valence-electron chi connectivity index (χ1n) is 6.29. The number of benzene rings is 1. The third-order valence-electron chi connectivity index (χ3n) is 3.24. The predicted molar refractivity (Wildman–Crippen MR) is 71.6 cm³/mol. The molecule has 2 rings (SSSR count). The predicted octanol–water partition coefficient (Wildman–Crippen LogP) is 0.876. The second-order valence-electron chi connectivity index (χ2n) is 4.56. The molecule has 0 saturated carbocycles. The Morgan fingerprint density at radius 3 is 2.86 bits per heavy atom. The molecular formula is C13H14FN3O4. The number of anilines is 1. The molecule has 0 spiro atoms. The molecule has 1 aromatic rings. The molecule has 1 aromatic carbocycles. The van der Waals surface area contributed by atoms with Gasteiger partial charge < -0.3 is 20.6 Å². The van der Waals surface area contributed by atoms with Crippen LogP contribution in [0.25, 0.3) is 0 Å². The van der Waals surface area contributed by atoms with E-state index in [2.05, 4.69) is 10.6 Å². The first-order chi connectivity index (χ1) is 9.91. The number of nitrogens with one attached hydrogen (secondary N) is 2. The molecule has 0 aliphatic carbocycles. The molecule has 1 aliphatic heterocycles. The highest BCUT2D eigenvalue weighted by Crippen LogP contribution is 2.21. The highest BCUT2D eigenvalue weighted by Gasteiger charge is 2.30. The Bertz CT molecular complexity index is 605. The van der Waals surface area contributed by atoms with E-state index < -0.39 is 29.5 Å². The Morgan fingerprint density at radius 2 is 2.19 bits per heavy atom. The third-order valence-corrected chi connectivity index (χ3v) is 3.24. The highest BCUT2D eigenvalue weighted by molar-refractivity contribution is 6.01. The summed E-state index contributed by atoms with van der Waals surface area (Å²) in [5.74, 6) is -2.52. The van der Waals surface area contributed by atoms with Crippen LogP contribution in [0.3, 0.4) is 0 Å². The molecule has 21 heavy (non-hydrogen) atoms. The van der Waals surface area contributed by atoms with E-state index in [1.807, 2.05) is 0 Å². The van der Waals surface area contributed by atoms with Crippen LogP contribution >= 0.6 is 0 Å². The van der Waals surface area contributed by atoms with Gasteiger partial charge in [-0.2, -0.15) is 0 Å². The number of carboxylic acid groups (broad SMARTS) is 1. The van der Waals surface area contributed by atoms with Crippen molar-refractivity contribution < 1.29 is 23.9 Å². The van der Waals surface area contributed by atoms with Crippen LogP contribution in [0.5, 0.6) is 0 Å². The zero-order valence-electron chi connectivity index (χ0n) is 11.2. The average molecular weight is 295 g/mol. The summed E-state index contributed by atoms with van der Waals surface area (Å²) in [5.41, 5.74) is -0.759. The quantitative estimate of drug-likeness (QED) is 0.754. The van der Waals surface area contributed by atoms with Crippen LogP contribution < -0.4 is 10.6 Å². The van der Waals surface area contributed by atoms with Gasteiger partial charge in [-0.25, -0.2) is 14.0 Å². The molecule has 3 N–H and O–H groups in total. The molecule has 112 valence electrons. The van der Waals surface area contributed by atoms with E-state index in [-0.39, 0.29) is 18.0 Å². The number of amides is 3. The maximum atomic E-state index is 13.7. The van der Waals surface area contributed by atoms with E-state index in [0.717, 1.165) is 6.07 Å². The summed E-state index contributed by atoms with van der Waals surface area (Å²) in [4.78, 5) is 35.9. The maximum absolute atomic E-state index is 13.7. The van der Waals surface area contributed by atoms with E-state index in [4.69, 9.17) is 5.11 Å². The van der Waals surface area contributed by atoms with E-state index in [1.54, 1.807) is 0 Å². The van der Waals surface area contributed by atoms with Crippen LogP contribution in [-0.4, -0.2) is 47.0 Å². The molecule has 1 fully saturated rings. The number of carboxylic acids is 1. The molecule has 0 bridgehead atoms. The number of hydrogen-bond donors (Lipinski definition) is 3. The summed E-state index contributed by atoms with van der Waals surface area (Å²) in [7, 11) is 0. The normalized spacial score (nSPS) is 18.1. The summed E-state index contributed by atoms with van der Waals surface area (Å²) in [6.07, 6.45) is 0. The van der Waals surface area contributed by atoms with Crippen LogP contribution in [-0.2, 0) is 4.79 Å². The lowest BCUT2D eigenvalue weighted by molar-refractivity contribution is -0.126. The van der Waals surface area contributed by atoms with Crippen LogP contribution in [0.15, 0.2) is 18.2 Å². The Kier molecular flexibility index (Phi) is 4.06. The Labute approximate surface area is 119 Å². The van der Waals surface area contributed by atoms with Gasteiger partial charge in [0.05, 0.1) is 11.3 Å². The Balaban J connectivity index is 2.24. The SMILES string of the molecule is CC1C(=O)NCCN1C(=O)Nc1c(F)cccc1C(=O)O. The number of rotatable bonds is 2. The fourth-order valence-electron chi connectivity index (χ4n) is 2.07. The van der Waals surface area contributed by atoms with Gasteiger partial charge >= 0.3 is 12.0 Å². The summed E-state index contributed by atoms with van der Waals surface area (Å²) < 4.78 is 13.7. The van der Waals surface area contributed by atoms with Gasteiger partial charge in [-0.05, 0) is 19.1 Å². The monoisotopic (exact) mass is 295 g/mol. The number of halogens is 1. The van der Waals surface area contributed by atoms with Gasteiger partial charge in [-0.15, -0.1) is 0 Å². The van der Waals surface area contributed by atoms with Crippen molar-refractivity contribution in [2.45, 2.75) is 13.0 Å². The van der Waals surface area contributed by atoms with E-state index in [0.29, 0.717) is 6.54 Å². The molecule has 1 atom stereocenters. The Morgan fingerprint density at radius 1 is 1.48 bits per heavy atom. The van der Waals surface area contributed by atoms with Crippen molar-refractivity contribution in [1.82, 2.24) is 10.2 Å². The van der Waals surface area contributed by atoms with Crippen molar-refractivity contribution in [3.05, 3.63) is 29.6 Å². The minimum atomic E-state index is -1.35. The van der Waals surface area contributed by atoms with Crippen LogP contribution in [0.1, 0.15) is 17.3 Å². The zero-order valence-corrected chi connectivity index (χ0v) is 11.2. The topological polar surface area (TPSA) is 98.7 Å². The van der Waals surface area contributed by atoms with Crippen molar-refractivity contribution in [2.75, 3.05) is 18.4 Å². The fraction of sp³-hybridized carbons (Fsp3) is 0.308. The van der Waals surface area contributed by atoms with Crippen LogP contribution in [0.2, 0.25) is 0 Å². The average Bonchev–Trinajstić information content (AvgIpc) is 2.43. The second-order valence-corrected chi connectivity index (χ2v) is 4.56. The molecule has 1 unspecified atom stereocenters. The second kappa shape index (κ2) is 5.78. The summed E-state index contributed by atoms with van der Waals surface area (Å²) in [6, 6.07) is 2.05. The van der Waals surface area contributed by atoms with Crippen molar-refractivity contribution in [2.24, 2.45) is 0 Å². The summed E-state index contributed by atoms with van der Waals surface area (Å²) in [6.45, 7) is 2.09. The number of aromatic carboxylic acids is 1. The minimum absolute atomic E-state index is 0.260. The van der Waals surface area contributed by atoms with E-state index in [9.17, 15) is 18.8 Å². The molecule has 1 saturated heterocycles. The fourth-order valence-corrected chi connectivity index (χ4v) is 2.07. The first-order valence-corrected chi connectivity index (χ1v) is 6.29. The lowest BCUT2D eigenvalue weighted by atomic mass is 10.1. The molecule has 1 aliphatic rings. The lowest BCUT2D eigenvalue weighted by Crippen LogP contribution is -2.57. The molecular weight excluding hydrogens is 281 g/mol. The third kappa shape index (κ3) is 2.93. The highest BCUT2D eigenvalue weighted by atomic mass is 19.1. The van der Waals surface area contributed by atoms with Gasteiger partial charge in [0.2, 0.25) is 5.91 Å². The van der Waals surface area contributed by atoms with Gasteiger partial charge in [0.15, 0.2) is 0 Å². The number of carbonyl (C=O) groups is 3. The zero-order chi connectivity index (χ0) is 15.6. The van der Waals surface area contributed by atoms with Crippen molar-refractivity contribution in [3.63, 3.8) is 0 Å². The number of para-hydroxylation sites is 1. The van der Waals surface area contributed by atoms with E-state index >= 15 is 0 Å². The van der Waals surface area contributed by atoms with Crippen molar-refractivity contribution in [3.8, 4) is 0 Å². The molecule has 0 radical (unpaired) electrons. The lowest BCUT2D eigenvalue weighted by Gasteiger charge is -2.32. The number of piperazine rings is 1. The van der Waals surface area contributed by atoms with Gasteiger partial charge in [0.1, 0.15) is 11.9 Å². The number of nitrogens with zero attached hydrogens (tertiary/aromatic N) is 1. The van der Waals surface area contributed by atoms with Gasteiger partial charge in [0.25, 0.3) is 0 Å². The molecule has 7 nitrogen and oxygen atoms in total. The summed E-state index contributed by atoms with van der Waals surface area (Å²) >= 11 is 0. The molecule has 3 amide bonds. The molecule has 1 heterocycles.